The zero-order valence-electron chi connectivity index (χ0n) is 16.3. The largest absolute Gasteiger partial charge is 0.486 e. The Morgan fingerprint density at radius 3 is 3.00 bits per heavy atom. The molecule has 1 aromatic carbocycles. The van der Waals surface area contributed by atoms with Crippen LogP contribution < -0.4 is 14.2 Å². The van der Waals surface area contributed by atoms with Crippen LogP contribution in [0.1, 0.15) is 12.8 Å². The fourth-order valence-corrected chi connectivity index (χ4v) is 4.36. The van der Waals surface area contributed by atoms with E-state index in [2.05, 4.69) is 15.4 Å². The molecule has 9 nitrogen and oxygen atoms in total. The first-order valence-corrected chi connectivity index (χ1v) is 10.8. The van der Waals surface area contributed by atoms with Gasteiger partial charge in [0.2, 0.25) is 5.82 Å². The number of nitrogens with zero attached hydrogens (tertiary/aromatic N) is 5. The van der Waals surface area contributed by atoms with Crippen LogP contribution in [-0.2, 0) is 11.3 Å². The van der Waals surface area contributed by atoms with Gasteiger partial charge in [-0.2, -0.15) is 4.80 Å². The standard InChI is InChI=1S/C20H21N5O4S/c26-19(13-29-15-5-6-16-17(11-15)28-9-8-27-16)24-7-1-3-14(24)12-25-22-20(21-23-25)18-4-2-10-30-18/h2,4-6,10-11,14H,1,3,7-9,12-13H2/t14-/m0/s1. The number of thiophene rings is 1. The Labute approximate surface area is 177 Å². The zero-order chi connectivity index (χ0) is 20.3. The number of amides is 1. The van der Waals surface area contributed by atoms with Crippen LogP contribution in [0.4, 0.5) is 0 Å². The van der Waals surface area contributed by atoms with E-state index in [0.29, 0.717) is 49.4 Å². The third-order valence-electron chi connectivity index (χ3n) is 5.14. The van der Waals surface area contributed by atoms with Gasteiger partial charge in [0, 0.05) is 12.6 Å². The molecule has 1 saturated heterocycles. The number of aromatic nitrogens is 4. The van der Waals surface area contributed by atoms with E-state index in [4.69, 9.17) is 14.2 Å². The number of rotatable bonds is 6. The van der Waals surface area contributed by atoms with Crippen molar-refractivity contribution in [3.05, 3.63) is 35.7 Å². The van der Waals surface area contributed by atoms with Crippen LogP contribution in [0.5, 0.6) is 17.2 Å². The van der Waals surface area contributed by atoms with E-state index in [1.54, 1.807) is 34.3 Å². The second-order valence-electron chi connectivity index (χ2n) is 7.12. The molecule has 2 aliphatic heterocycles. The molecule has 156 valence electrons. The molecule has 0 saturated carbocycles. The summed E-state index contributed by atoms with van der Waals surface area (Å²) in [7, 11) is 0. The Kier molecular flexibility index (Phi) is 5.22. The molecule has 0 radical (unpaired) electrons. The normalized spacial score (nSPS) is 17.9. The van der Waals surface area contributed by atoms with Crippen LogP contribution in [0.2, 0.25) is 0 Å². The van der Waals surface area contributed by atoms with E-state index in [0.717, 1.165) is 17.7 Å². The van der Waals surface area contributed by atoms with Crippen LogP contribution in [-0.4, -0.2) is 63.4 Å². The third-order valence-corrected chi connectivity index (χ3v) is 6.01. The lowest BCUT2D eigenvalue weighted by molar-refractivity contribution is -0.134. The van der Waals surface area contributed by atoms with Crippen molar-refractivity contribution >= 4 is 17.2 Å². The number of tetrazole rings is 1. The maximum absolute atomic E-state index is 12.8. The number of carbonyl (C=O) groups excluding carboxylic acids is 1. The fraction of sp³-hybridized carbons (Fsp3) is 0.400. The predicted molar refractivity (Wildman–Crippen MR) is 109 cm³/mol. The van der Waals surface area contributed by atoms with Crippen molar-refractivity contribution in [1.29, 1.82) is 0 Å². The van der Waals surface area contributed by atoms with Gasteiger partial charge in [-0.15, -0.1) is 21.5 Å². The first-order valence-electron chi connectivity index (χ1n) is 9.90. The Balaban J connectivity index is 1.19. The summed E-state index contributed by atoms with van der Waals surface area (Å²) < 4.78 is 16.8. The topological polar surface area (TPSA) is 91.6 Å². The number of hydrogen-bond acceptors (Lipinski definition) is 8. The third kappa shape index (κ3) is 3.95. The predicted octanol–water partition coefficient (Wildman–Crippen LogP) is 2.24. The summed E-state index contributed by atoms with van der Waals surface area (Å²) in [6, 6.07) is 9.30. The Morgan fingerprint density at radius 2 is 2.13 bits per heavy atom. The van der Waals surface area contributed by atoms with Crippen molar-refractivity contribution in [3.8, 4) is 28.0 Å². The van der Waals surface area contributed by atoms with E-state index < -0.39 is 0 Å². The molecular formula is C20H21N5O4S. The summed E-state index contributed by atoms with van der Waals surface area (Å²) in [5, 5.41) is 14.7. The molecule has 30 heavy (non-hydrogen) atoms. The smallest absolute Gasteiger partial charge is 0.260 e. The average molecular weight is 427 g/mol. The lowest BCUT2D eigenvalue weighted by Crippen LogP contribution is -2.41. The molecule has 1 amide bonds. The van der Waals surface area contributed by atoms with E-state index >= 15 is 0 Å². The molecule has 0 aliphatic carbocycles. The SMILES string of the molecule is O=C(COc1ccc2c(c1)OCCO2)N1CCC[C@H]1Cn1nnc(-c2cccs2)n1. The molecule has 4 heterocycles. The molecule has 0 bridgehead atoms. The monoisotopic (exact) mass is 427 g/mol. The lowest BCUT2D eigenvalue weighted by atomic mass is 10.2. The molecule has 10 heteroatoms. The number of ether oxygens (including phenoxy) is 3. The van der Waals surface area contributed by atoms with Gasteiger partial charge in [-0.3, -0.25) is 4.79 Å². The molecule has 0 unspecified atom stereocenters. The first-order chi connectivity index (χ1) is 14.8. The highest BCUT2D eigenvalue weighted by Gasteiger charge is 2.30. The summed E-state index contributed by atoms with van der Waals surface area (Å²) in [4.78, 5) is 17.2. The fourth-order valence-electron chi connectivity index (χ4n) is 3.71. The van der Waals surface area contributed by atoms with Crippen molar-refractivity contribution in [2.24, 2.45) is 0 Å². The lowest BCUT2D eigenvalue weighted by Gasteiger charge is -2.24. The Morgan fingerprint density at radius 1 is 1.23 bits per heavy atom. The number of fused-ring (bicyclic) bond motifs is 1. The molecule has 2 aliphatic rings. The average Bonchev–Trinajstić information content (AvgIpc) is 3.54. The van der Waals surface area contributed by atoms with Crippen molar-refractivity contribution in [2.75, 3.05) is 26.4 Å². The maximum Gasteiger partial charge on any atom is 0.260 e. The maximum atomic E-state index is 12.8. The van der Waals surface area contributed by atoms with E-state index in [1.807, 2.05) is 22.4 Å². The molecule has 1 fully saturated rings. The summed E-state index contributed by atoms with van der Waals surface area (Å²) in [6.45, 7) is 2.25. The first kappa shape index (κ1) is 18.9. The van der Waals surface area contributed by atoms with Crippen LogP contribution in [0.15, 0.2) is 35.7 Å². The van der Waals surface area contributed by atoms with Crippen LogP contribution >= 0.6 is 11.3 Å². The Bertz CT molecular complexity index is 1020. The summed E-state index contributed by atoms with van der Waals surface area (Å²) >= 11 is 1.57. The van der Waals surface area contributed by atoms with Crippen LogP contribution in [0, 0.1) is 0 Å². The summed E-state index contributed by atoms with van der Waals surface area (Å²) in [6.07, 6.45) is 1.86. The van der Waals surface area contributed by atoms with Gasteiger partial charge in [-0.25, -0.2) is 0 Å². The second kappa shape index (κ2) is 8.31. The van der Waals surface area contributed by atoms with Gasteiger partial charge < -0.3 is 19.1 Å². The van der Waals surface area contributed by atoms with Crippen molar-refractivity contribution in [3.63, 3.8) is 0 Å². The van der Waals surface area contributed by atoms with Crippen molar-refractivity contribution in [2.45, 2.75) is 25.4 Å². The minimum Gasteiger partial charge on any atom is -0.486 e. The van der Waals surface area contributed by atoms with Crippen molar-refractivity contribution in [1.82, 2.24) is 25.1 Å². The minimum atomic E-state index is -0.0500. The number of likely N-dealkylation sites (tertiary alicyclic amines) is 1. The molecule has 5 rings (SSSR count). The van der Waals surface area contributed by atoms with E-state index in [1.165, 1.54) is 0 Å². The van der Waals surface area contributed by atoms with Gasteiger partial charge in [0.15, 0.2) is 18.1 Å². The zero-order valence-corrected chi connectivity index (χ0v) is 17.1. The molecule has 2 aromatic heterocycles. The second-order valence-corrected chi connectivity index (χ2v) is 8.07. The quantitative estimate of drug-likeness (QED) is 0.596. The van der Waals surface area contributed by atoms with Crippen LogP contribution in [0.3, 0.4) is 0 Å². The Hall–Kier alpha value is -3.14. The molecule has 0 N–H and O–H groups in total. The summed E-state index contributed by atoms with van der Waals surface area (Å²) in [5.74, 6) is 2.49. The van der Waals surface area contributed by atoms with E-state index in [9.17, 15) is 4.79 Å². The molecular weight excluding hydrogens is 406 g/mol. The van der Waals surface area contributed by atoms with Crippen LogP contribution in [0.25, 0.3) is 10.7 Å². The van der Waals surface area contributed by atoms with Gasteiger partial charge in [-0.1, -0.05) is 6.07 Å². The van der Waals surface area contributed by atoms with E-state index in [-0.39, 0.29) is 18.6 Å². The van der Waals surface area contributed by atoms with Gasteiger partial charge in [0.05, 0.1) is 17.5 Å². The van der Waals surface area contributed by atoms with Gasteiger partial charge in [0.1, 0.15) is 19.0 Å². The van der Waals surface area contributed by atoms with Gasteiger partial charge in [-0.05, 0) is 41.6 Å². The summed E-state index contributed by atoms with van der Waals surface area (Å²) in [5.41, 5.74) is 0. The highest BCUT2D eigenvalue weighted by molar-refractivity contribution is 7.13. The highest BCUT2D eigenvalue weighted by atomic mass is 32.1. The molecule has 3 aromatic rings. The number of benzene rings is 1. The molecule has 0 spiro atoms. The number of hydrogen-bond donors (Lipinski definition) is 0. The highest BCUT2D eigenvalue weighted by Crippen LogP contribution is 2.33. The molecule has 1 atom stereocenters. The van der Waals surface area contributed by atoms with Crippen molar-refractivity contribution < 1.29 is 19.0 Å². The number of carbonyl (C=O) groups is 1. The van der Waals surface area contributed by atoms with Gasteiger partial charge >= 0.3 is 0 Å². The minimum absolute atomic E-state index is 0.0264. The van der Waals surface area contributed by atoms with Gasteiger partial charge in [0.25, 0.3) is 5.91 Å².